The summed E-state index contributed by atoms with van der Waals surface area (Å²) < 4.78 is 5.36. The third kappa shape index (κ3) is 7.18. The van der Waals surface area contributed by atoms with E-state index in [9.17, 15) is 15.0 Å². The number of fused-ring (bicyclic) bond motifs is 1. The fourth-order valence-electron chi connectivity index (χ4n) is 5.20. The van der Waals surface area contributed by atoms with Crippen molar-refractivity contribution >= 4 is 28.6 Å². The second kappa shape index (κ2) is 13.0. The standard InChI is InChI=1S/C28H35N3O4S/c1-35-22-6-7-26-25(17-22)24(9-12-30-26)27(32)8-5-20-10-14-31(19-21(20)16-28(33)34)13-3-15-36-23-4-2-11-29-18-23/h2,4,6-7,9,11-12,17-18,20-21,27,32H,3,5,8,10,13-16,19H2,1H3,(H,33,34)/t20-,21+,27?/m1/s1. The number of aliphatic hydroxyl groups excluding tert-OH is 1. The summed E-state index contributed by atoms with van der Waals surface area (Å²) >= 11 is 1.81. The number of ether oxygens (including phenoxy) is 1. The number of hydrogen-bond acceptors (Lipinski definition) is 7. The molecule has 1 aliphatic rings. The van der Waals surface area contributed by atoms with Gasteiger partial charge in [-0.05, 0) is 98.3 Å². The van der Waals surface area contributed by atoms with Gasteiger partial charge in [-0.2, -0.15) is 0 Å². The monoisotopic (exact) mass is 509 g/mol. The molecule has 8 heteroatoms. The summed E-state index contributed by atoms with van der Waals surface area (Å²) in [6.07, 6.45) is 8.37. The van der Waals surface area contributed by atoms with E-state index in [4.69, 9.17) is 4.74 Å². The number of thioether (sulfide) groups is 1. The van der Waals surface area contributed by atoms with Crippen LogP contribution in [0.15, 0.2) is 59.9 Å². The van der Waals surface area contributed by atoms with Gasteiger partial charge in [0.2, 0.25) is 0 Å². The van der Waals surface area contributed by atoms with Crippen LogP contribution in [-0.4, -0.2) is 63.5 Å². The number of hydrogen-bond donors (Lipinski definition) is 2. The Labute approximate surface area is 216 Å². The molecule has 0 bridgehead atoms. The zero-order chi connectivity index (χ0) is 25.3. The molecule has 36 heavy (non-hydrogen) atoms. The molecule has 1 saturated heterocycles. The van der Waals surface area contributed by atoms with Crippen LogP contribution < -0.4 is 4.74 Å². The number of benzene rings is 1. The van der Waals surface area contributed by atoms with Crippen LogP contribution in [0, 0.1) is 11.8 Å². The number of nitrogens with zero attached hydrogens (tertiary/aromatic N) is 3. The number of aromatic nitrogens is 2. The van der Waals surface area contributed by atoms with Crippen LogP contribution in [0.2, 0.25) is 0 Å². The molecule has 1 aromatic carbocycles. The lowest BCUT2D eigenvalue weighted by Gasteiger charge is -2.38. The van der Waals surface area contributed by atoms with Gasteiger partial charge in [0.15, 0.2) is 0 Å². The third-order valence-corrected chi connectivity index (χ3v) is 8.15. The zero-order valence-corrected chi connectivity index (χ0v) is 21.6. The Balaban J connectivity index is 1.31. The molecule has 1 fully saturated rings. The fraction of sp³-hybridized carbons (Fsp3) is 0.464. The van der Waals surface area contributed by atoms with Gasteiger partial charge in [0.05, 0.1) is 18.7 Å². The second-order valence-corrected chi connectivity index (χ2v) is 10.6. The van der Waals surface area contributed by atoms with Gasteiger partial charge in [-0.15, -0.1) is 11.8 Å². The van der Waals surface area contributed by atoms with Crippen LogP contribution in [0.25, 0.3) is 10.9 Å². The third-order valence-electron chi connectivity index (χ3n) is 7.09. The predicted octanol–water partition coefficient (Wildman–Crippen LogP) is 5.05. The van der Waals surface area contributed by atoms with E-state index in [2.05, 4.69) is 20.9 Å². The predicted molar refractivity (Wildman–Crippen MR) is 142 cm³/mol. The summed E-state index contributed by atoms with van der Waals surface area (Å²) in [6.45, 7) is 2.76. The topological polar surface area (TPSA) is 95.8 Å². The van der Waals surface area contributed by atoms with Crippen molar-refractivity contribution < 1.29 is 19.7 Å². The van der Waals surface area contributed by atoms with Crippen LogP contribution >= 0.6 is 11.8 Å². The van der Waals surface area contributed by atoms with Crippen molar-refractivity contribution in [1.29, 1.82) is 0 Å². The molecule has 2 N–H and O–H groups in total. The fourth-order valence-corrected chi connectivity index (χ4v) is 6.02. The highest BCUT2D eigenvalue weighted by Gasteiger charge is 2.31. The van der Waals surface area contributed by atoms with Crippen molar-refractivity contribution in [1.82, 2.24) is 14.9 Å². The summed E-state index contributed by atoms with van der Waals surface area (Å²) in [7, 11) is 1.63. The van der Waals surface area contributed by atoms with Crippen LogP contribution in [0.3, 0.4) is 0 Å². The molecule has 0 radical (unpaired) electrons. The molecule has 3 aromatic rings. The zero-order valence-electron chi connectivity index (χ0n) is 20.8. The lowest BCUT2D eigenvalue weighted by atomic mass is 9.79. The number of aliphatic hydroxyl groups is 1. The molecule has 3 atom stereocenters. The first-order valence-corrected chi connectivity index (χ1v) is 13.6. The summed E-state index contributed by atoms with van der Waals surface area (Å²) in [6, 6.07) is 11.6. The first kappa shape index (κ1) is 26.4. The molecule has 3 heterocycles. The molecule has 0 aliphatic carbocycles. The summed E-state index contributed by atoms with van der Waals surface area (Å²) in [5.74, 6) is 1.40. The van der Waals surface area contributed by atoms with Crippen LogP contribution in [0.4, 0.5) is 0 Å². The Kier molecular flexibility index (Phi) is 9.55. The molecule has 1 aliphatic heterocycles. The van der Waals surface area contributed by atoms with Gasteiger partial charge in [-0.1, -0.05) is 0 Å². The largest absolute Gasteiger partial charge is 0.497 e. The molecule has 7 nitrogen and oxygen atoms in total. The SMILES string of the molecule is COc1ccc2nccc(C(O)CC[C@@H]3CCN(CCCSc4cccnc4)C[C@@H]3CC(=O)O)c2c1. The highest BCUT2D eigenvalue weighted by molar-refractivity contribution is 7.99. The van der Waals surface area contributed by atoms with Gasteiger partial charge in [-0.25, -0.2) is 0 Å². The maximum atomic E-state index is 11.6. The van der Waals surface area contributed by atoms with Crippen molar-refractivity contribution in [2.75, 3.05) is 32.5 Å². The molecule has 0 spiro atoms. The van der Waals surface area contributed by atoms with E-state index in [1.165, 1.54) is 4.90 Å². The van der Waals surface area contributed by atoms with Gasteiger partial charge in [0, 0.05) is 41.8 Å². The van der Waals surface area contributed by atoms with E-state index in [-0.39, 0.29) is 12.3 Å². The minimum atomic E-state index is -0.744. The molecule has 192 valence electrons. The molecule has 2 aromatic heterocycles. The second-order valence-electron chi connectivity index (χ2n) is 9.47. The molecule has 1 unspecified atom stereocenters. The van der Waals surface area contributed by atoms with E-state index in [0.29, 0.717) is 12.3 Å². The summed E-state index contributed by atoms with van der Waals surface area (Å²) in [4.78, 5) is 23.8. The van der Waals surface area contributed by atoms with Crippen molar-refractivity contribution in [3.63, 3.8) is 0 Å². The number of aliphatic carboxylic acids is 1. The van der Waals surface area contributed by atoms with E-state index in [0.717, 1.165) is 66.9 Å². The number of carboxylic acids is 1. The molecule has 0 amide bonds. The van der Waals surface area contributed by atoms with Crippen molar-refractivity contribution in [3.05, 3.63) is 60.6 Å². The highest BCUT2D eigenvalue weighted by Crippen LogP contribution is 2.35. The Morgan fingerprint density at radius 2 is 2.14 bits per heavy atom. The maximum Gasteiger partial charge on any atom is 0.303 e. The van der Waals surface area contributed by atoms with E-state index in [1.807, 2.05) is 48.3 Å². The number of rotatable bonds is 12. The van der Waals surface area contributed by atoms with Crippen LogP contribution in [0.5, 0.6) is 5.75 Å². The molecule has 4 rings (SSSR count). The number of likely N-dealkylation sites (tertiary alicyclic amines) is 1. The number of carboxylic acid groups (broad SMARTS) is 1. The Bertz CT molecular complexity index is 1130. The Morgan fingerprint density at radius 1 is 1.25 bits per heavy atom. The highest BCUT2D eigenvalue weighted by atomic mass is 32.2. The van der Waals surface area contributed by atoms with Gasteiger partial charge < -0.3 is 19.8 Å². The van der Waals surface area contributed by atoms with Crippen molar-refractivity contribution in [3.8, 4) is 5.75 Å². The van der Waals surface area contributed by atoms with E-state index in [1.54, 1.807) is 19.5 Å². The first-order chi connectivity index (χ1) is 17.5. The quantitative estimate of drug-likeness (QED) is 0.259. The van der Waals surface area contributed by atoms with Gasteiger partial charge in [0.25, 0.3) is 0 Å². The lowest BCUT2D eigenvalue weighted by molar-refractivity contribution is -0.139. The number of methoxy groups -OCH3 is 1. The van der Waals surface area contributed by atoms with Crippen molar-refractivity contribution in [2.24, 2.45) is 11.8 Å². The molecule has 0 saturated carbocycles. The smallest absolute Gasteiger partial charge is 0.303 e. The van der Waals surface area contributed by atoms with Crippen LogP contribution in [-0.2, 0) is 4.79 Å². The number of piperidine rings is 1. The van der Waals surface area contributed by atoms with E-state index < -0.39 is 12.1 Å². The number of carbonyl (C=O) groups is 1. The average Bonchev–Trinajstić information content (AvgIpc) is 2.90. The van der Waals surface area contributed by atoms with E-state index >= 15 is 0 Å². The normalized spacial score (nSPS) is 19.3. The number of pyridine rings is 2. The lowest BCUT2D eigenvalue weighted by Crippen LogP contribution is -2.42. The van der Waals surface area contributed by atoms with Crippen LogP contribution in [0.1, 0.15) is 43.8 Å². The van der Waals surface area contributed by atoms with Crippen molar-refractivity contribution in [2.45, 2.75) is 43.1 Å². The maximum absolute atomic E-state index is 11.6. The Morgan fingerprint density at radius 3 is 2.92 bits per heavy atom. The Hall–Kier alpha value is -2.68. The molecular weight excluding hydrogens is 474 g/mol. The minimum Gasteiger partial charge on any atom is -0.497 e. The summed E-state index contributed by atoms with van der Waals surface area (Å²) in [5.41, 5.74) is 1.67. The molecular formula is C28H35N3O4S. The minimum absolute atomic E-state index is 0.101. The first-order valence-electron chi connectivity index (χ1n) is 12.6. The van der Waals surface area contributed by atoms with Gasteiger partial charge in [-0.3, -0.25) is 14.8 Å². The van der Waals surface area contributed by atoms with Gasteiger partial charge >= 0.3 is 5.97 Å². The summed E-state index contributed by atoms with van der Waals surface area (Å²) in [5, 5.41) is 21.5. The average molecular weight is 510 g/mol. The van der Waals surface area contributed by atoms with Gasteiger partial charge in [0.1, 0.15) is 5.75 Å².